The van der Waals surface area contributed by atoms with Crippen molar-refractivity contribution in [2.24, 2.45) is 0 Å². The van der Waals surface area contributed by atoms with E-state index in [9.17, 15) is 0 Å². The van der Waals surface area contributed by atoms with E-state index in [1.165, 1.54) is 32.1 Å². The van der Waals surface area contributed by atoms with Crippen LogP contribution in [-0.2, 0) is 0 Å². The molecule has 0 aromatic carbocycles. The minimum atomic E-state index is 0. The van der Waals surface area contributed by atoms with E-state index >= 15 is 0 Å². The van der Waals surface area contributed by atoms with Crippen molar-refractivity contribution in [1.82, 2.24) is 5.32 Å². The van der Waals surface area contributed by atoms with Gasteiger partial charge in [0.2, 0.25) is 0 Å². The maximum atomic E-state index is 4.83. The fraction of sp³-hybridized carbons (Fsp3) is 0.857. The van der Waals surface area contributed by atoms with Crippen molar-refractivity contribution >= 4 is 58.7 Å². The van der Waals surface area contributed by atoms with E-state index in [-0.39, 0.29) is 29.6 Å². The molecule has 1 fully saturated rings. The Hall–Kier alpha value is 1.24. The molecule has 0 bridgehead atoms. The van der Waals surface area contributed by atoms with Crippen LogP contribution in [0.25, 0.3) is 0 Å². The summed E-state index contributed by atoms with van der Waals surface area (Å²) in [6, 6.07) is 0.610. The van der Waals surface area contributed by atoms with Crippen molar-refractivity contribution in [3.8, 4) is 0 Å². The SMILES string of the molecule is S=C(S)NC1CCCCC1.[Na]. The average Bonchev–Trinajstić information content (AvgIpc) is 1.88. The quantitative estimate of drug-likeness (QED) is 0.378. The van der Waals surface area contributed by atoms with Gasteiger partial charge in [-0.1, -0.05) is 31.5 Å². The van der Waals surface area contributed by atoms with E-state index in [0.29, 0.717) is 10.4 Å². The van der Waals surface area contributed by atoms with Gasteiger partial charge in [-0.2, -0.15) is 0 Å². The summed E-state index contributed by atoms with van der Waals surface area (Å²) in [6.07, 6.45) is 6.60. The molecular formula is C7H13NNaS2. The van der Waals surface area contributed by atoms with Crippen molar-refractivity contribution in [3.63, 3.8) is 0 Å². The molecule has 0 saturated heterocycles. The summed E-state index contributed by atoms with van der Waals surface area (Å²) in [5, 5.41) is 3.18. The predicted octanol–water partition coefficient (Wildman–Crippen LogP) is 1.74. The van der Waals surface area contributed by atoms with Gasteiger partial charge in [-0.05, 0) is 12.8 Å². The predicted molar refractivity (Wildman–Crippen MR) is 57.3 cm³/mol. The van der Waals surface area contributed by atoms with Gasteiger partial charge in [0.15, 0.2) is 0 Å². The van der Waals surface area contributed by atoms with Gasteiger partial charge in [0.05, 0.1) is 0 Å². The molecule has 1 rings (SSSR count). The number of thiocarbonyl (C=S) groups is 1. The molecule has 0 aliphatic heterocycles. The van der Waals surface area contributed by atoms with Gasteiger partial charge in [-0.25, -0.2) is 0 Å². The van der Waals surface area contributed by atoms with Gasteiger partial charge in [-0.15, -0.1) is 12.6 Å². The summed E-state index contributed by atoms with van der Waals surface area (Å²) >= 11 is 8.86. The molecule has 0 amide bonds. The van der Waals surface area contributed by atoms with Gasteiger partial charge in [0, 0.05) is 35.6 Å². The van der Waals surface area contributed by atoms with Crippen LogP contribution >= 0.6 is 24.8 Å². The van der Waals surface area contributed by atoms with E-state index in [1.54, 1.807) is 0 Å². The van der Waals surface area contributed by atoms with Gasteiger partial charge >= 0.3 is 0 Å². The number of hydrogen-bond acceptors (Lipinski definition) is 1. The molecule has 0 unspecified atom stereocenters. The molecule has 4 heteroatoms. The number of hydrogen-bond donors (Lipinski definition) is 2. The summed E-state index contributed by atoms with van der Waals surface area (Å²) < 4.78 is 0.645. The minimum Gasteiger partial charge on any atom is -0.368 e. The van der Waals surface area contributed by atoms with Crippen LogP contribution in [-0.4, -0.2) is 39.9 Å². The fourth-order valence-corrected chi connectivity index (χ4v) is 1.77. The van der Waals surface area contributed by atoms with Gasteiger partial charge in [0.25, 0.3) is 0 Å². The van der Waals surface area contributed by atoms with E-state index in [1.807, 2.05) is 0 Å². The van der Waals surface area contributed by atoms with Gasteiger partial charge in [-0.3, -0.25) is 0 Å². The molecule has 1 aliphatic carbocycles. The van der Waals surface area contributed by atoms with Crippen LogP contribution < -0.4 is 5.32 Å². The van der Waals surface area contributed by atoms with Crippen molar-refractivity contribution in [3.05, 3.63) is 0 Å². The zero-order valence-corrected chi connectivity index (χ0v) is 10.7. The number of rotatable bonds is 1. The Morgan fingerprint density at radius 2 is 1.82 bits per heavy atom. The van der Waals surface area contributed by atoms with Crippen LogP contribution in [0, 0.1) is 0 Å². The standard InChI is InChI=1S/C7H13NS2.Na/c9-7(10)8-6-4-2-1-3-5-6;/h6H,1-5H2,(H2,8,9,10);. The molecule has 1 aliphatic rings. The maximum absolute atomic E-state index is 4.83. The van der Waals surface area contributed by atoms with Crippen LogP contribution in [0.1, 0.15) is 32.1 Å². The Balaban J connectivity index is 0.000001000. The first kappa shape index (κ1) is 12.2. The third kappa shape index (κ3) is 5.47. The van der Waals surface area contributed by atoms with Crippen LogP contribution in [0.2, 0.25) is 0 Å². The first-order valence-electron chi connectivity index (χ1n) is 3.78. The van der Waals surface area contributed by atoms with Gasteiger partial charge in [0.1, 0.15) is 4.32 Å². The van der Waals surface area contributed by atoms with Crippen molar-refractivity contribution in [1.29, 1.82) is 0 Å². The van der Waals surface area contributed by atoms with Crippen molar-refractivity contribution in [2.45, 2.75) is 38.1 Å². The molecule has 0 aromatic rings. The Labute approximate surface area is 101 Å². The summed E-state index contributed by atoms with van der Waals surface area (Å²) in [7, 11) is 0. The zero-order chi connectivity index (χ0) is 7.40. The van der Waals surface area contributed by atoms with Gasteiger partial charge < -0.3 is 5.32 Å². The van der Waals surface area contributed by atoms with Crippen LogP contribution in [0.15, 0.2) is 0 Å². The summed E-state index contributed by atoms with van der Waals surface area (Å²) in [4.78, 5) is 0. The Morgan fingerprint density at radius 1 is 1.27 bits per heavy atom. The van der Waals surface area contributed by atoms with Crippen LogP contribution in [0.3, 0.4) is 0 Å². The maximum Gasteiger partial charge on any atom is 0.130 e. The second-order valence-corrected chi connectivity index (χ2v) is 3.94. The molecule has 59 valence electrons. The average molecular weight is 198 g/mol. The smallest absolute Gasteiger partial charge is 0.130 e. The van der Waals surface area contributed by atoms with Crippen molar-refractivity contribution in [2.75, 3.05) is 0 Å². The molecule has 0 heterocycles. The molecule has 1 nitrogen and oxygen atoms in total. The first-order valence-corrected chi connectivity index (χ1v) is 4.64. The van der Waals surface area contributed by atoms with E-state index in [0.717, 1.165) is 0 Å². The topological polar surface area (TPSA) is 12.0 Å². The van der Waals surface area contributed by atoms with E-state index in [2.05, 4.69) is 17.9 Å². The zero-order valence-electron chi connectivity index (χ0n) is 6.97. The fourth-order valence-electron chi connectivity index (χ4n) is 1.42. The minimum absolute atomic E-state index is 0. The van der Waals surface area contributed by atoms with E-state index < -0.39 is 0 Å². The molecule has 0 spiro atoms. The largest absolute Gasteiger partial charge is 0.368 e. The molecule has 0 atom stereocenters. The summed E-state index contributed by atoms with van der Waals surface area (Å²) in [5.41, 5.74) is 0. The Kier molecular flexibility index (Phi) is 7.48. The molecule has 0 aromatic heterocycles. The molecule has 1 saturated carbocycles. The first-order chi connectivity index (χ1) is 4.79. The third-order valence-corrected chi connectivity index (χ3v) is 2.18. The van der Waals surface area contributed by atoms with E-state index in [4.69, 9.17) is 12.2 Å². The molecule has 11 heavy (non-hydrogen) atoms. The summed E-state index contributed by atoms with van der Waals surface area (Å²) in [5.74, 6) is 0. The van der Waals surface area contributed by atoms with Crippen molar-refractivity contribution < 1.29 is 0 Å². The summed E-state index contributed by atoms with van der Waals surface area (Å²) in [6.45, 7) is 0. The molecule has 1 radical (unpaired) electrons. The second-order valence-electron chi connectivity index (χ2n) is 2.78. The number of thiol groups is 1. The third-order valence-electron chi connectivity index (χ3n) is 1.93. The normalized spacial score (nSPS) is 18.6. The monoisotopic (exact) mass is 198 g/mol. The number of nitrogens with one attached hydrogen (secondary N) is 1. The Bertz CT molecular complexity index is 124. The molecular weight excluding hydrogens is 185 g/mol. The van der Waals surface area contributed by atoms with Crippen LogP contribution in [0.5, 0.6) is 0 Å². The van der Waals surface area contributed by atoms with Crippen LogP contribution in [0.4, 0.5) is 0 Å². The Morgan fingerprint density at radius 3 is 2.27 bits per heavy atom. The molecule has 1 N–H and O–H groups in total. The second kappa shape index (κ2) is 6.72.